The van der Waals surface area contributed by atoms with E-state index in [4.69, 9.17) is 9.84 Å². The summed E-state index contributed by atoms with van der Waals surface area (Å²) in [6.45, 7) is 1.82. The van der Waals surface area contributed by atoms with E-state index in [9.17, 15) is 9.59 Å². The standard InChI is InChI=1S/C27H22N4O4S/c1-16(17-6-4-3-5-7-17)35-27(34)30-24-22(14-29-31(24)2)20-10-8-19-13-21(11-9-18(19)12-20)23-15-28-25(36-23)26(32)33/h3-16H,1-2H3,(H,30,34)(H,32,33). The maximum absolute atomic E-state index is 12.6. The predicted molar refractivity (Wildman–Crippen MR) is 139 cm³/mol. The molecule has 0 bridgehead atoms. The molecule has 0 spiro atoms. The number of nitrogens with one attached hydrogen (secondary N) is 1. The molecule has 1 atom stereocenters. The molecule has 2 aromatic heterocycles. The van der Waals surface area contributed by atoms with Crippen LogP contribution in [-0.4, -0.2) is 31.9 Å². The van der Waals surface area contributed by atoms with E-state index in [1.54, 1.807) is 24.1 Å². The van der Waals surface area contributed by atoms with Crippen molar-refractivity contribution in [1.82, 2.24) is 14.8 Å². The van der Waals surface area contributed by atoms with Crippen LogP contribution in [0.2, 0.25) is 0 Å². The van der Waals surface area contributed by atoms with Gasteiger partial charge in [-0.1, -0.05) is 54.6 Å². The Morgan fingerprint density at radius 1 is 1.00 bits per heavy atom. The SMILES string of the molecule is CC(OC(=O)Nc1c(-c2ccc3cc(-c4cnc(C(=O)O)s4)ccc3c2)cnn1C)c1ccccc1. The van der Waals surface area contributed by atoms with Gasteiger partial charge in [-0.15, -0.1) is 11.3 Å². The van der Waals surface area contributed by atoms with Gasteiger partial charge in [-0.2, -0.15) is 5.10 Å². The summed E-state index contributed by atoms with van der Waals surface area (Å²) in [5.74, 6) is -0.502. The van der Waals surface area contributed by atoms with Gasteiger partial charge >= 0.3 is 12.1 Å². The van der Waals surface area contributed by atoms with Gasteiger partial charge in [0, 0.05) is 18.8 Å². The number of nitrogens with zero attached hydrogens (tertiary/aromatic N) is 3. The molecule has 5 rings (SSSR count). The van der Waals surface area contributed by atoms with Crippen molar-refractivity contribution in [2.75, 3.05) is 5.32 Å². The maximum Gasteiger partial charge on any atom is 0.413 e. The van der Waals surface area contributed by atoms with Crippen LogP contribution >= 0.6 is 11.3 Å². The molecule has 0 radical (unpaired) electrons. The Labute approximate surface area is 210 Å². The molecule has 0 aliphatic heterocycles. The highest BCUT2D eigenvalue weighted by Crippen LogP contribution is 2.33. The summed E-state index contributed by atoms with van der Waals surface area (Å²) >= 11 is 1.14. The Balaban J connectivity index is 1.38. The molecule has 9 heteroatoms. The second kappa shape index (κ2) is 9.63. The Bertz CT molecular complexity index is 1580. The molecular formula is C27H22N4O4S. The van der Waals surface area contributed by atoms with Gasteiger partial charge in [-0.05, 0) is 46.5 Å². The zero-order valence-corrected chi connectivity index (χ0v) is 20.3. The van der Waals surface area contributed by atoms with Gasteiger partial charge in [0.05, 0.1) is 11.1 Å². The van der Waals surface area contributed by atoms with Gasteiger partial charge in [0.15, 0.2) is 0 Å². The van der Waals surface area contributed by atoms with Crippen LogP contribution in [0.15, 0.2) is 79.1 Å². The molecule has 8 nitrogen and oxygen atoms in total. The number of fused-ring (bicyclic) bond motifs is 1. The van der Waals surface area contributed by atoms with E-state index < -0.39 is 18.2 Å². The number of carboxylic acids is 1. The molecule has 5 aromatic rings. The second-order valence-electron chi connectivity index (χ2n) is 8.23. The number of carbonyl (C=O) groups excluding carboxylic acids is 1. The summed E-state index contributed by atoms with van der Waals surface area (Å²) in [6, 6.07) is 21.4. The Morgan fingerprint density at radius 3 is 2.39 bits per heavy atom. The summed E-state index contributed by atoms with van der Waals surface area (Å²) in [6.07, 6.45) is 2.32. The number of thiazole rings is 1. The highest BCUT2D eigenvalue weighted by atomic mass is 32.1. The van der Waals surface area contributed by atoms with Gasteiger partial charge in [0.1, 0.15) is 11.9 Å². The van der Waals surface area contributed by atoms with E-state index in [1.807, 2.05) is 73.7 Å². The van der Waals surface area contributed by atoms with E-state index in [0.29, 0.717) is 5.82 Å². The van der Waals surface area contributed by atoms with Crippen molar-refractivity contribution in [3.63, 3.8) is 0 Å². The van der Waals surface area contributed by atoms with Gasteiger partial charge in [-0.25, -0.2) is 14.6 Å². The van der Waals surface area contributed by atoms with E-state index in [0.717, 1.165) is 49.2 Å². The van der Waals surface area contributed by atoms with E-state index in [-0.39, 0.29) is 5.01 Å². The van der Waals surface area contributed by atoms with Crippen molar-refractivity contribution in [3.05, 3.63) is 89.7 Å². The third-order valence-electron chi connectivity index (χ3n) is 5.84. The highest BCUT2D eigenvalue weighted by Gasteiger charge is 2.18. The van der Waals surface area contributed by atoms with Crippen LogP contribution in [0.1, 0.15) is 28.4 Å². The average Bonchev–Trinajstić information content (AvgIpc) is 3.52. The molecule has 0 fully saturated rings. The van der Waals surface area contributed by atoms with Crippen molar-refractivity contribution in [2.24, 2.45) is 7.05 Å². The normalized spacial score (nSPS) is 11.8. The van der Waals surface area contributed by atoms with E-state index in [2.05, 4.69) is 15.4 Å². The first-order valence-electron chi connectivity index (χ1n) is 11.2. The lowest BCUT2D eigenvalue weighted by Gasteiger charge is -2.15. The lowest BCUT2D eigenvalue weighted by Crippen LogP contribution is -2.18. The monoisotopic (exact) mass is 498 g/mol. The van der Waals surface area contributed by atoms with Crippen molar-refractivity contribution < 1.29 is 19.4 Å². The van der Waals surface area contributed by atoms with Crippen molar-refractivity contribution in [1.29, 1.82) is 0 Å². The fraction of sp³-hybridized carbons (Fsp3) is 0.111. The van der Waals surface area contributed by atoms with Crippen molar-refractivity contribution in [2.45, 2.75) is 13.0 Å². The summed E-state index contributed by atoms with van der Waals surface area (Å²) < 4.78 is 7.16. The van der Waals surface area contributed by atoms with Crippen molar-refractivity contribution in [3.8, 4) is 21.6 Å². The second-order valence-corrected chi connectivity index (χ2v) is 9.26. The fourth-order valence-electron chi connectivity index (χ4n) is 3.95. The smallest absolute Gasteiger partial charge is 0.413 e. The van der Waals surface area contributed by atoms with Crippen LogP contribution in [0, 0.1) is 0 Å². The molecule has 0 saturated heterocycles. The fourth-order valence-corrected chi connectivity index (χ4v) is 4.70. The molecule has 0 saturated carbocycles. The number of carboxylic acid groups (broad SMARTS) is 1. The number of rotatable bonds is 6. The lowest BCUT2D eigenvalue weighted by atomic mass is 10.0. The number of aromatic carboxylic acids is 1. The summed E-state index contributed by atoms with van der Waals surface area (Å²) in [4.78, 5) is 28.5. The van der Waals surface area contributed by atoms with Crippen LogP contribution in [0.4, 0.5) is 10.6 Å². The number of hydrogen-bond acceptors (Lipinski definition) is 6. The third-order valence-corrected chi connectivity index (χ3v) is 6.87. The van der Waals surface area contributed by atoms with Crippen LogP contribution in [0.25, 0.3) is 32.3 Å². The number of benzene rings is 3. The Morgan fingerprint density at radius 2 is 1.69 bits per heavy atom. The lowest BCUT2D eigenvalue weighted by molar-refractivity contribution is 0.0696. The topological polar surface area (TPSA) is 106 Å². The van der Waals surface area contributed by atoms with Crippen molar-refractivity contribution >= 4 is 40.0 Å². The largest absolute Gasteiger partial charge is 0.476 e. The minimum Gasteiger partial charge on any atom is -0.476 e. The number of carbonyl (C=O) groups is 2. The predicted octanol–water partition coefficient (Wildman–Crippen LogP) is 6.37. The molecule has 2 N–H and O–H groups in total. The minimum absolute atomic E-state index is 0.0636. The van der Waals surface area contributed by atoms with Crippen LogP contribution in [0.5, 0.6) is 0 Å². The molecule has 1 amide bonds. The first-order valence-corrected chi connectivity index (χ1v) is 12.0. The first-order chi connectivity index (χ1) is 17.4. The van der Waals surface area contributed by atoms with E-state index in [1.165, 1.54) is 0 Å². The van der Waals surface area contributed by atoms with E-state index >= 15 is 0 Å². The van der Waals surface area contributed by atoms with Gasteiger partial charge < -0.3 is 9.84 Å². The number of ether oxygens (including phenoxy) is 1. The molecule has 2 heterocycles. The highest BCUT2D eigenvalue weighted by molar-refractivity contribution is 7.16. The zero-order valence-electron chi connectivity index (χ0n) is 19.5. The van der Waals surface area contributed by atoms with Crippen LogP contribution in [-0.2, 0) is 11.8 Å². The molecule has 36 heavy (non-hydrogen) atoms. The van der Waals surface area contributed by atoms with Crippen LogP contribution in [0.3, 0.4) is 0 Å². The molecule has 0 aliphatic carbocycles. The average molecular weight is 499 g/mol. The Kier molecular flexibility index (Phi) is 6.22. The van der Waals surface area contributed by atoms with Gasteiger partial charge in [0.25, 0.3) is 0 Å². The Hall–Kier alpha value is -4.50. The van der Waals surface area contributed by atoms with Gasteiger partial charge in [0.2, 0.25) is 5.01 Å². The third kappa shape index (κ3) is 4.69. The number of amides is 1. The van der Waals surface area contributed by atoms with Gasteiger partial charge in [-0.3, -0.25) is 10.00 Å². The zero-order chi connectivity index (χ0) is 25.2. The maximum atomic E-state index is 12.6. The van der Waals surface area contributed by atoms with Crippen LogP contribution < -0.4 is 5.32 Å². The number of aromatic nitrogens is 3. The quantitative estimate of drug-likeness (QED) is 0.282. The molecule has 0 aliphatic rings. The summed E-state index contributed by atoms with van der Waals surface area (Å²) in [5, 5.41) is 18.4. The molecule has 180 valence electrons. The summed E-state index contributed by atoms with van der Waals surface area (Å²) in [5.41, 5.74) is 3.46. The number of aryl methyl sites for hydroxylation is 1. The number of hydrogen-bond donors (Lipinski definition) is 2. The summed E-state index contributed by atoms with van der Waals surface area (Å²) in [7, 11) is 1.76. The minimum atomic E-state index is -1.03. The molecular weight excluding hydrogens is 476 g/mol. The first kappa shape index (κ1) is 23.3. The molecule has 1 unspecified atom stereocenters. The molecule has 3 aromatic carbocycles. The number of anilines is 1.